The van der Waals surface area contributed by atoms with Gasteiger partial charge in [-0.1, -0.05) is 0 Å². The second kappa shape index (κ2) is 5.66. The predicted octanol–water partition coefficient (Wildman–Crippen LogP) is 0.702. The minimum absolute atomic E-state index is 0.0438. The maximum atomic E-state index is 11.9. The van der Waals surface area contributed by atoms with Crippen molar-refractivity contribution in [1.29, 1.82) is 0 Å². The molecule has 6 nitrogen and oxygen atoms in total. The van der Waals surface area contributed by atoms with Crippen molar-refractivity contribution in [2.24, 2.45) is 5.92 Å². The lowest BCUT2D eigenvalue weighted by molar-refractivity contribution is -0.130. The van der Waals surface area contributed by atoms with Crippen molar-refractivity contribution in [3.05, 3.63) is 24.5 Å². The lowest BCUT2D eigenvalue weighted by Crippen LogP contribution is -2.38. The largest absolute Gasteiger partial charge is 0.368 e. The zero-order valence-corrected chi connectivity index (χ0v) is 11.4. The maximum absolute atomic E-state index is 11.9. The number of amides is 1. The molecule has 0 radical (unpaired) electrons. The van der Waals surface area contributed by atoms with Gasteiger partial charge in [0, 0.05) is 12.4 Å². The Morgan fingerprint density at radius 3 is 2.89 bits per heavy atom. The van der Waals surface area contributed by atoms with Crippen LogP contribution in [0.1, 0.15) is 19.8 Å². The summed E-state index contributed by atoms with van der Waals surface area (Å²) in [6.07, 6.45) is 4.09. The molecule has 1 aromatic heterocycles. The number of nitrogens with zero attached hydrogens (tertiary/aromatic N) is 1. The summed E-state index contributed by atoms with van der Waals surface area (Å²) in [7, 11) is -3.87. The van der Waals surface area contributed by atoms with E-state index in [0.717, 1.165) is 12.8 Å². The first kappa shape index (κ1) is 14.0. The van der Waals surface area contributed by atoms with Crippen molar-refractivity contribution < 1.29 is 17.9 Å². The van der Waals surface area contributed by atoms with E-state index in [1.807, 2.05) is 4.72 Å². The summed E-state index contributed by atoms with van der Waals surface area (Å²) in [6, 6.07) is 2.87. The summed E-state index contributed by atoms with van der Waals surface area (Å²) in [5, 5.41) is 0. The van der Waals surface area contributed by atoms with Crippen molar-refractivity contribution in [2.75, 3.05) is 6.61 Å². The summed E-state index contributed by atoms with van der Waals surface area (Å²) < 4.78 is 31.0. The van der Waals surface area contributed by atoms with Gasteiger partial charge in [-0.25, -0.2) is 13.1 Å². The van der Waals surface area contributed by atoms with Crippen LogP contribution in [0.4, 0.5) is 0 Å². The fourth-order valence-corrected chi connectivity index (χ4v) is 2.43. The molecule has 0 aliphatic heterocycles. The SMILES string of the molecule is C[C@@H](OCC1CC1)C(=O)NS(=O)(=O)c1cccnc1. The fourth-order valence-electron chi connectivity index (χ4n) is 1.42. The number of aromatic nitrogens is 1. The van der Waals surface area contributed by atoms with Gasteiger partial charge >= 0.3 is 0 Å². The van der Waals surface area contributed by atoms with Crippen LogP contribution >= 0.6 is 0 Å². The van der Waals surface area contributed by atoms with E-state index < -0.39 is 22.0 Å². The Bertz CT molecular complexity index is 540. The molecule has 19 heavy (non-hydrogen) atoms. The summed E-state index contributed by atoms with van der Waals surface area (Å²) in [6.45, 7) is 2.04. The molecule has 2 rings (SSSR count). The molecule has 0 aromatic carbocycles. The minimum atomic E-state index is -3.87. The highest BCUT2D eigenvalue weighted by atomic mass is 32.2. The van der Waals surface area contributed by atoms with Gasteiger partial charge in [0.1, 0.15) is 11.0 Å². The molecule has 0 saturated heterocycles. The maximum Gasteiger partial charge on any atom is 0.265 e. The number of pyridine rings is 1. The van der Waals surface area contributed by atoms with E-state index in [1.54, 1.807) is 0 Å². The second-order valence-corrected chi connectivity index (χ2v) is 6.26. The second-order valence-electron chi connectivity index (χ2n) is 4.58. The van der Waals surface area contributed by atoms with Crippen LogP contribution in [-0.4, -0.2) is 32.0 Å². The Hall–Kier alpha value is -1.47. The molecule has 1 aromatic rings. The van der Waals surface area contributed by atoms with Gasteiger partial charge in [-0.15, -0.1) is 0 Å². The van der Waals surface area contributed by atoms with Crippen LogP contribution in [0.25, 0.3) is 0 Å². The molecule has 1 aliphatic rings. The standard InChI is InChI=1S/C12H16N2O4S/c1-9(18-8-10-4-5-10)12(15)14-19(16,17)11-3-2-6-13-7-11/h2-3,6-7,9-10H,4-5,8H2,1H3,(H,14,15)/t9-/m1/s1. The molecular formula is C12H16N2O4S. The van der Waals surface area contributed by atoms with Crippen LogP contribution in [0.15, 0.2) is 29.4 Å². The highest BCUT2D eigenvalue weighted by Crippen LogP contribution is 2.29. The predicted molar refractivity (Wildman–Crippen MR) is 67.7 cm³/mol. The highest BCUT2D eigenvalue weighted by Gasteiger charge is 2.26. The summed E-state index contributed by atoms with van der Waals surface area (Å²) in [4.78, 5) is 15.4. The average Bonchev–Trinajstić information content (AvgIpc) is 3.20. The Labute approximate surface area is 112 Å². The molecule has 0 bridgehead atoms. The third-order valence-corrected chi connectivity index (χ3v) is 4.16. The fraction of sp³-hybridized carbons (Fsp3) is 0.500. The number of carbonyl (C=O) groups is 1. The quantitative estimate of drug-likeness (QED) is 0.831. The van der Waals surface area contributed by atoms with E-state index >= 15 is 0 Å². The first-order valence-corrected chi connectivity index (χ1v) is 7.55. The topological polar surface area (TPSA) is 85.4 Å². The molecular weight excluding hydrogens is 268 g/mol. The molecule has 1 aliphatic carbocycles. The smallest absolute Gasteiger partial charge is 0.265 e. The Balaban J connectivity index is 1.93. The number of rotatable bonds is 6. The highest BCUT2D eigenvalue weighted by molar-refractivity contribution is 7.90. The minimum Gasteiger partial charge on any atom is -0.368 e. The molecule has 7 heteroatoms. The Kier molecular flexibility index (Phi) is 4.16. The van der Waals surface area contributed by atoms with E-state index in [2.05, 4.69) is 4.98 Å². The van der Waals surface area contributed by atoms with Crippen molar-refractivity contribution in [3.8, 4) is 0 Å². The number of hydrogen-bond acceptors (Lipinski definition) is 5. The Morgan fingerprint density at radius 2 is 2.32 bits per heavy atom. The number of sulfonamides is 1. The summed E-state index contributed by atoms with van der Waals surface area (Å²) in [5.74, 6) is -0.144. The molecule has 1 saturated carbocycles. The van der Waals surface area contributed by atoms with Gasteiger partial charge < -0.3 is 4.74 Å². The van der Waals surface area contributed by atoms with Gasteiger partial charge in [0.25, 0.3) is 15.9 Å². The molecule has 0 unspecified atom stereocenters. The summed E-state index contributed by atoms with van der Waals surface area (Å²) in [5.41, 5.74) is 0. The third kappa shape index (κ3) is 4.00. The van der Waals surface area contributed by atoms with Crippen LogP contribution in [0.2, 0.25) is 0 Å². The van der Waals surface area contributed by atoms with Gasteiger partial charge in [0.15, 0.2) is 0 Å². The van der Waals surface area contributed by atoms with Crippen LogP contribution in [0.3, 0.4) is 0 Å². The van der Waals surface area contributed by atoms with E-state index in [4.69, 9.17) is 4.74 Å². The molecule has 1 atom stereocenters. The first-order valence-electron chi connectivity index (χ1n) is 6.07. The Morgan fingerprint density at radius 1 is 1.58 bits per heavy atom. The van der Waals surface area contributed by atoms with Crippen LogP contribution in [-0.2, 0) is 19.6 Å². The molecule has 104 valence electrons. The van der Waals surface area contributed by atoms with Crippen LogP contribution < -0.4 is 4.72 Å². The van der Waals surface area contributed by atoms with Gasteiger partial charge in [0.2, 0.25) is 0 Å². The van der Waals surface area contributed by atoms with Crippen LogP contribution in [0.5, 0.6) is 0 Å². The van der Waals surface area contributed by atoms with Gasteiger partial charge in [-0.2, -0.15) is 0 Å². The molecule has 1 heterocycles. The van der Waals surface area contributed by atoms with Gasteiger partial charge in [0.05, 0.1) is 6.61 Å². The first-order chi connectivity index (χ1) is 8.99. The monoisotopic (exact) mass is 284 g/mol. The van der Waals surface area contributed by atoms with E-state index in [1.165, 1.54) is 31.5 Å². The van der Waals surface area contributed by atoms with E-state index in [0.29, 0.717) is 12.5 Å². The van der Waals surface area contributed by atoms with Crippen molar-refractivity contribution in [1.82, 2.24) is 9.71 Å². The lowest BCUT2D eigenvalue weighted by atomic mass is 10.4. The summed E-state index contributed by atoms with van der Waals surface area (Å²) >= 11 is 0. The number of ether oxygens (including phenoxy) is 1. The average molecular weight is 284 g/mol. The number of carbonyl (C=O) groups excluding carboxylic acids is 1. The zero-order valence-electron chi connectivity index (χ0n) is 10.6. The number of nitrogens with one attached hydrogen (secondary N) is 1. The molecule has 1 N–H and O–H groups in total. The third-order valence-electron chi connectivity index (χ3n) is 2.83. The normalized spacial score (nSPS) is 16.9. The molecule has 1 amide bonds. The van der Waals surface area contributed by atoms with Crippen molar-refractivity contribution in [2.45, 2.75) is 30.8 Å². The van der Waals surface area contributed by atoms with Crippen molar-refractivity contribution >= 4 is 15.9 Å². The molecule has 0 spiro atoms. The number of hydrogen-bond donors (Lipinski definition) is 1. The van der Waals surface area contributed by atoms with Gasteiger partial charge in [-0.3, -0.25) is 9.78 Å². The van der Waals surface area contributed by atoms with Crippen LogP contribution in [0, 0.1) is 5.92 Å². The van der Waals surface area contributed by atoms with E-state index in [9.17, 15) is 13.2 Å². The van der Waals surface area contributed by atoms with Gasteiger partial charge in [-0.05, 0) is 37.8 Å². The molecule has 1 fully saturated rings. The van der Waals surface area contributed by atoms with Crippen molar-refractivity contribution in [3.63, 3.8) is 0 Å². The van der Waals surface area contributed by atoms with E-state index in [-0.39, 0.29) is 4.90 Å². The lowest BCUT2D eigenvalue weighted by Gasteiger charge is -2.13. The zero-order chi connectivity index (χ0) is 13.9.